The zero-order chi connectivity index (χ0) is 12.4. The lowest BCUT2D eigenvalue weighted by molar-refractivity contribution is -0.0283. The quantitative estimate of drug-likeness (QED) is 0.804. The van der Waals surface area contributed by atoms with E-state index in [1.165, 1.54) is 37.7 Å². The van der Waals surface area contributed by atoms with Crippen molar-refractivity contribution in [3.05, 3.63) is 35.9 Å². The molecule has 2 aliphatic heterocycles. The Kier molecular flexibility index (Phi) is 3.67. The fourth-order valence-corrected chi connectivity index (χ4v) is 3.54. The molecule has 1 aromatic rings. The summed E-state index contributed by atoms with van der Waals surface area (Å²) in [5.41, 5.74) is 1.42. The third-order valence-electron chi connectivity index (χ3n) is 4.36. The minimum Gasteiger partial charge on any atom is -0.361 e. The first-order valence-corrected chi connectivity index (χ1v) is 7.34. The normalized spacial score (nSPS) is 32.4. The second kappa shape index (κ2) is 5.41. The highest BCUT2D eigenvalue weighted by Crippen LogP contribution is 2.39. The summed E-state index contributed by atoms with van der Waals surface area (Å²) in [4.78, 5) is 2.66. The van der Waals surface area contributed by atoms with Crippen LogP contribution in [0.1, 0.15) is 50.6 Å². The van der Waals surface area contributed by atoms with Crippen LogP contribution in [0.5, 0.6) is 0 Å². The Morgan fingerprint density at radius 3 is 2.83 bits per heavy atom. The zero-order valence-electron chi connectivity index (χ0n) is 11.2. The van der Waals surface area contributed by atoms with Gasteiger partial charge in [0.1, 0.15) is 6.23 Å². The molecular weight excluding hydrogens is 222 g/mol. The maximum absolute atomic E-state index is 6.03. The number of rotatable bonds is 3. The Hall–Kier alpha value is -0.860. The molecule has 0 bridgehead atoms. The van der Waals surface area contributed by atoms with E-state index in [9.17, 15) is 0 Å². The Bertz CT molecular complexity index is 376. The molecule has 2 heteroatoms. The van der Waals surface area contributed by atoms with Crippen LogP contribution >= 0.6 is 0 Å². The van der Waals surface area contributed by atoms with Crippen molar-refractivity contribution in [1.82, 2.24) is 4.90 Å². The highest BCUT2D eigenvalue weighted by Gasteiger charge is 2.41. The first-order chi connectivity index (χ1) is 8.90. The molecule has 0 aromatic heterocycles. The third-order valence-corrected chi connectivity index (χ3v) is 4.36. The molecule has 3 rings (SSSR count). The van der Waals surface area contributed by atoms with E-state index in [-0.39, 0.29) is 0 Å². The van der Waals surface area contributed by atoms with Crippen molar-refractivity contribution in [2.45, 2.75) is 57.3 Å². The maximum Gasteiger partial charge on any atom is 0.111 e. The number of benzene rings is 1. The van der Waals surface area contributed by atoms with Gasteiger partial charge in [-0.2, -0.15) is 0 Å². The average molecular weight is 245 g/mol. The van der Waals surface area contributed by atoms with Crippen molar-refractivity contribution in [2.24, 2.45) is 0 Å². The summed E-state index contributed by atoms with van der Waals surface area (Å²) >= 11 is 0. The van der Waals surface area contributed by atoms with Crippen molar-refractivity contribution < 1.29 is 4.74 Å². The first-order valence-electron chi connectivity index (χ1n) is 7.34. The van der Waals surface area contributed by atoms with E-state index in [0.29, 0.717) is 12.3 Å². The lowest BCUT2D eigenvalue weighted by Crippen LogP contribution is -2.44. The van der Waals surface area contributed by atoms with Gasteiger partial charge in [0.25, 0.3) is 0 Å². The predicted molar refractivity (Wildman–Crippen MR) is 73.3 cm³/mol. The molecule has 1 unspecified atom stereocenters. The van der Waals surface area contributed by atoms with Gasteiger partial charge in [-0.3, -0.25) is 4.90 Å². The molecule has 0 amide bonds. The van der Waals surface area contributed by atoms with E-state index in [4.69, 9.17) is 4.74 Å². The molecule has 2 saturated heterocycles. The van der Waals surface area contributed by atoms with Crippen LogP contribution in [0.25, 0.3) is 0 Å². The molecule has 3 atom stereocenters. The fraction of sp³-hybridized carbons (Fsp3) is 0.625. The second-order valence-corrected chi connectivity index (χ2v) is 5.54. The van der Waals surface area contributed by atoms with Gasteiger partial charge in [-0.15, -0.1) is 0 Å². The van der Waals surface area contributed by atoms with Crippen LogP contribution in [0, 0.1) is 0 Å². The number of piperidine rings is 1. The minimum atomic E-state index is 0.375. The maximum atomic E-state index is 6.03. The predicted octanol–water partition coefficient (Wildman–Crippen LogP) is 3.74. The van der Waals surface area contributed by atoms with Crippen LogP contribution in [0.15, 0.2) is 30.3 Å². The van der Waals surface area contributed by atoms with Gasteiger partial charge in [0.2, 0.25) is 0 Å². The van der Waals surface area contributed by atoms with E-state index >= 15 is 0 Å². The van der Waals surface area contributed by atoms with E-state index in [0.717, 1.165) is 12.6 Å². The summed E-state index contributed by atoms with van der Waals surface area (Å²) in [5, 5.41) is 0. The van der Waals surface area contributed by atoms with Gasteiger partial charge < -0.3 is 4.74 Å². The number of hydrogen-bond acceptors (Lipinski definition) is 2. The molecule has 0 aliphatic carbocycles. The lowest BCUT2D eigenvalue weighted by Gasteiger charge is -2.39. The van der Waals surface area contributed by atoms with Gasteiger partial charge >= 0.3 is 0 Å². The smallest absolute Gasteiger partial charge is 0.111 e. The SMILES string of the molecule is CCC[C@@H]1CCCC2OC[C@H](c3ccccc3)N21. The van der Waals surface area contributed by atoms with E-state index < -0.39 is 0 Å². The highest BCUT2D eigenvalue weighted by atomic mass is 16.5. The molecule has 2 heterocycles. The number of nitrogens with zero attached hydrogens (tertiary/aromatic N) is 1. The summed E-state index contributed by atoms with van der Waals surface area (Å²) in [6.45, 7) is 3.16. The molecule has 0 spiro atoms. The van der Waals surface area contributed by atoms with Gasteiger partial charge in [0.05, 0.1) is 12.6 Å². The monoisotopic (exact) mass is 245 g/mol. The van der Waals surface area contributed by atoms with Gasteiger partial charge in [0, 0.05) is 6.04 Å². The van der Waals surface area contributed by atoms with Crippen LogP contribution in [0.2, 0.25) is 0 Å². The van der Waals surface area contributed by atoms with Crippen molar-refractivity contribution in [2.75, 3.05) is 6.61 Å². The Balaban J connectivity index is 1.83. The van der Waals surface area contributed by atoms with Crippen LogP contribution in [0.3, 0.4) is 0 Å². The lowest BCUT2D eigenvalue weighted by atomic mass is 9.94. The molecule has 0 radical (unpaired) electrons. The molecule has 2 fully saturated rings. The standard InChI is InChI=1S/C16H23NO/c1-2-7-14-10-6-11-16-17(14)15(12-18-16)13-8-4-3-5-9-13/h3-5,8-9,14-16H,2,6-7,10-12H2,1H3/t14-,15-,16?/m1/s1. The molecule has 18 heavy (non-hydrogen) atoms. The summed E-state index contributed by atoms with van der Waals surface area (Å²) in [6.07, 6.45) is 6.84. The Morgan fingerprint density at radius 2 is 2.06 bits per heavy atom. The molecular formula is C16H23NO. The van der Waals surface area contributed by atoms with E-state index in [1.807, 2.05) is 0 Å². The molecule has 1 aromatic carbocycles. The molecule has 98 valence electrons. The van der Waals surface area contributed by atoms with Gasteiger partial charge in [-0.05, 0) is 31.2 Å². The Morgan fingerprint density at radius 1 is 1.22 bits per heavy atom. The molecule has 0 saturated carbocycles. The van der Waals surface area contributed by atoms with Crippen molar-refractivity contribution in [3.8, 4) is 0 Å². The largest absolute Gasteiger partial charge is 0.361 e. The second-order valence-electron chi connectivity index (χ2n) is 5.54. The molecule has 2 nitrogen and oxygen atoms in total. The van der Waals surface area contributed by atoms with E-state index in [2.05, 4.69) is 42.2 Å². The third kappa shape index (κ3) is 2.19. The minimum absolute atomic E-state index is 0.375. The van der Waals surface area contributed by atoms with Gasteiger partial charge in [-0.25, -0.2) is 0 Å². The summed E-state index contributed by atoms with van der Waals surface area (Å²) < 4.78 is 6.03. The number of fused-ring (bicyclic) bond motifs is 1. The highest BCUT2D eigenvalue weighted by molar-refractivity contribution is 5.20. The first kappa shape index (κ1) is 12.2. The summed E-state index contributed by atoms with van der Waals surface area (Å²) in [7, 11) is 0. The van der Waals surface area contributed by atoms with Crippen molar-refractivity contribution in [1.29, 1.82) is 0 Å². The van der Waals surface area contributed by atoms with Crippen LogP contribution in [-0.2, 0) is 4.74 Å². The number of ether oxygens (including phenoxy) is 1. The number of hydrogen-bond donors (Lipinski definition) is 0. The fourth-order valence-electron chi connectivity index (χ4n) is 3.54. The summed E-state index contributed by atoms with van der Waals surface area (Å²) in [5.74, 6) is 0. The van der Waals surface area contributed by atoms with Gasteiger partial charge in [0.15, 0.2) is 0 Å². The van der Waals surface area contributed by atoms with Crippen LogP contribution in [0.4, 0.5) is 0 Å². The average Bonchev–Trinajstić information content (AvgIpc) is 2.85. The van der Waals surface area contributed by atoms with E-state index in [1.54, 1.807) is 0 Å². The topological polar surface area (TPSA) is 12.5 Å². The summed E-state index contributed by atoms with van der Waals surface area (Å²) in [6, 6.07) is 12.1. The zero-order valence-corrected chi connectivity index (χ0v) is 11.2. The van der Waals surface area contributed by atoms with Crippen LogP contribution < -0.4 is 0 Å². The van der Waals surface area contributed by atoms with Gasteiger partial charge in [-0.1, -0.05) is 43.7 Å². The molecule has 0 N–H and O–H groups in total. The molecule has 2 aliphatic rings. The van der Waals surface area contributed by atoms with Crippen LogP contribution in [-0.4, -0.2) is 23.8 Å². The van der Waals surface area contributed by atoms with Crippen molar-refractivity contribution in [3.63, 3.8) is 0 Å². The Labute approximate surface area is 110 Å². The van der Waals surface area contributed by atoms with Crippen molar-refractivity contribution >= 4 is 0 Å².